The minimum Gasteiger partial charge on any atom is -0.481 e. The smallest absolute Gasteiger partial charge is 0.309 e. The highest BCUT2D eigenvalue weighted by atomic mass is 16.5. The monoisotopic (exact) mass is 172 g/mol. The summed E-state index contributed by atoms with van der Waals surface area (Å²) in [6, 6.07) is 0. The first-order valence-electron chi connectivity index (χ1n) is 4.03. The number of carboxylic acid groups (broad SMARTS) is 1. The Morgan fingerprint density at radius 2 is 2.42 bits per heavy atom. The molecule has 1 saturated heterocycles. The Morgan fingerprint density at radius 1 is 1.75 bits per heavy atom. The molecule has 1 N–H and O–H groups in total. The van der Waals surface area contributed by atoms with Crippen LogP contribution in [0.1, 0.15) is 19.8 Å². The maximum Gasteiger partial charge on any atom is 0.309 e. The number of esters is 1. The highest BCUT2D eigenvalue weighted by Gasteiger charge is 2.36. The minimum absolute atomic E-state index is 0.0320. The van der Waals surface area contributed by atoms with Crippen LogP contribution in [0.25, 0.3) is 0 Å². The lowest BCUT2D eigenvalue weighted by Gasteiger charge is -2.09. The average Bonchev–Trinajstić information content (AvgIpc) is 2.30. The summed E-state index contributed by atoms with van der Waals surface area (Å²) in [6.45, 7) is 2.13. The largest absolute Gasteiger partial charge is 0.481 e. The summed E-state index contributed by atoms with van der Waals surface area (Å²) in [5.74, 6) is -1.44. The molecule has 1 rings (SSSR count). The number of carbonyl (C=O) groups is 2. The Kier molecular flexibility index (Phi) is 2.68. The summed E-state index contributed by atoms with van der Waals surface area (Å²) in [7, 11) is 0. The summed E-state index contributed by atoms with van der Waals surface area (Å²) >= 11 is 0. The molecule has 0 radical (unpaired) electrons. The van der Waals surface area contributed by atoms with Crippen LogP contribution in [0, 0.1) is 11.8 Å². The molecule has 1 unspecified atom stereocenters. The van der Waals surface area contributed by atoms with Crippen molar-refractivity contribution in [3.05, 3.63) is 0 Å². The second-order valence-corrected chi connectivity index (χ2v) is 3.00. The number of hydrogen-bond donors (Lipinski definition) is 1. The van der Waals surface area contributed by atoms with Crippen molar-refractivity contribution in [3.8, 4) is 0 Å². The number of carboxylic acids is 1. The van der Waals surface area contributed by atoms with Gasteiger partial charge < -0.3 is 9.84 Å². The molecule has 0 bridgehead atoms. The second kappa shape index (κ2) is 3.56. The van der Waals surface area contributed by atoms with Gasteiger partial charge in [-0.05, 0) is 6.42 Å². The molecule has 1 aliphatic rings. The molecule has 0 aliphatic carbocycles. The molecule has 68 valence electrons. The summed E-state index contributed by atoms with van der Waals surface area (Å²) < 4.78 is 4.77. The zero-order chi connectivity index (χ0) is 9.14. The molecule has 0 aromatic carbocycles. The van der Waals surface area contributed by atoms with Crippen molar-refractivity contribution in [1.29, 1.82) is 0 Å². The van der Waals surface area contributed by atoms with Crippen LogP contribution in [-0.2, 0) is 14.3 Å². The summed E-state index contributed by atoms with van der Waals surface area (Å²) in [5.41, 5.74) is 0. The van der Waals surface area contributed by atoms with E-state index in [2.05, 4.69) is 0 Å². The van der Waals surface area contributed by atoms with Crippen LogP contribution < -0.4 is 0 Å². The van der Waals surface area contributed by atoms with E-state index in [-0.39, 0.29) is 30.8 Å². The maximum absolute atomic E-state index is 11.0. The van der Waals surface area contributed by atoms with Crippen molar-refractivity contribution in [3.63, 3.8) is 0 Å². The maximum atomic E-state index is 11.0. The lowest BCUT2D eigenvalue weighted by Crippen LogP contribution is -2.18. The highest BCUT2D eigenvalue weighted by molar-refractivity contribution is 5.76. The van der Waals surface area contributed by atoms with Gasteiger partial charge in [0.2, 0.25) is 0 Å². The zero-order valence-corrected chi connectivity index (χ0v) is 6.95. The van der Waals surface area contributed by atoms with Gasteiger partial charge in [0.15, 0.2) is 0 Å². The van der Waals surface area contributed by atoms with Crippen molar-refractivity contribution < 1.29 is 19.4 Å². The standard InChI is InChI=1S/C8H12O4/c1-2-6-5(3-7(9)10)4-12-8(6)11/h5-6H,2-4H2,1H3,(H,9,10)/t5-,6?/m0/s1. The van der Waals surface area contributed by atoms with Gasteiger partial charge in [-0.3, -0.25) is 9.59 Å². The first kappa shape index (κ1) is 9.03. The predicted molar refractivity (Wildman–Crippen MR) is 40.5 cm³/mol. The summed E-state index contributed by atoms with van der Waals surface area (Å²) in [4.78, 5) is 21.3. The molecular formula is C8H12O4. The highest BCUT2D eigenvalue weighted by Crippen LogP contribution is 2.27. The lowest BCUT2D eigenvalue weighted by molar-refractivity contribution is -0.141. The van der Waals surface area contributed by atoms with Crippen LogP contribution in [-0.4, -0.2) is 23.7 Å². The normalized spacial score (nSPS) is 28.6. The summed E-state index contributed by atoms with van der Waals surface area (Å²) in [5, 5.41) is 8.51. The number of aliphatic carboxylic acids is 1. The molecule has 1 heterocycles. The van der Waals surface area contributed by atoms with Crippen molar-refractivity contribution in [1.82, 2.24) is 0 Å². The van der Waals surface area contributed by atoms with Gasteiger partial charge in [0.1, 0.15) is 0 Å². The fraction of sp³-hybridized carbons (Fsp3) is 0.750. The molecule has 2 atom stereocenters. The number of rotatable bonds is 3. The van der Waals surface area contributed by atoms with Gasteiger partial charge >= 0.3 is 11.9 Å². The van der Waals surface area contributed by atoms with E-state index in [4.69, 9.17) is 9.84 Å². The number of cyclic esters (lactones) is 1. The molecule has 12 heavy (non-hydrogen) atoms. The SMILES string of the molecule is CCC1C(=O)OC[C@@H]1CC(=O)O. The third-order valence-corrected chi connectivity index (χ3v) is 2.19. The molecule has 0 spiro atoms. The first-order chi connectivity index (χ1) is 5.65. The molecule has 1 fully saturated rings. The van der Waals surface area contributed by atoms with E-state index in [0.29, 0.717) is 6.42 Å². The molecule has 0 amide bonds. The van der Waals surface area contributed by atoms with E-state index in [1.165, 1.54) is 0 Å². The Balaban J connectivity index is 2.54. The Morgan fingerprint density at radius 3 is 2.92 bits per heavy atom. The second-order valence-electron chi connectivity index (χ2n) is 3.00. The molecule has 1 aliphatic heterocycles. The Hall–Kier alpha value is -1.06. The fourth-order valence-electron chi connectivity index (χ4n) is 1.53. The molecule has 4 heteroatoms. The van der Waals surface area contributed by atoms with Crippen LogP contribution in [0.4, 0.5) is 0 Å². The van der Waals surface area contributed by atoms with Crippen LogP contribution in [0.3, 0.4) is 0 Å². The van der Waals surface area contributed by atoms with Crippen LogP contribution in [0.15, 0.2) is 0 Å². The third-order valence-electron chi connectivity index (χ3n) is 2.19. The van der Waals surface area contributed by atoms with Gasteiger partial charge in [-0.2, -0.15) is 0 Å². The molecule has 0 saturated carbocycles. The number of carbonyl (C=O) groups excluding carboxylic acids is 1. The van der Waals surface area contributed by atoms with Crippen molar-refractivity contribution in [2.24, 2.45) is 11.8 Å². The van der Waals surface area contributed by atoms with Crippen LogP contribution >= 0.6 is 0 Å². The van der Waals surface area contributed by atoms with Gasteiger partial charge in [0, 0.05) is 5.92 Å². The van der Waals surface area contributed by atoms with E-state index in [0.717, 1.165) is 0 Å². The topological polar surface area (TPSA) is 63.6 Å². The molecular weight excluding hydrogens is 160 g/mol. The van der Waals surface area contributed by atoms with E-state index >= 15 is 0 Å². The fourth-order valence-corrected chi connectivity index (χ4v) is 1.53. The first-order valence-corrected chi connectivity index (χ1v) is 4.03. The number of ether oxygens (including phenoxy) is 1. The van der Waals surface area contributed by atoms with Gasteiger partial charge in [-0.15, -0.1) is 0 Å². The average molecular weight is 172 g/mol. The molecule has 4 nitrogen and oxygen atoms in total. The molecule has 0 aromatic heterocycles. The third kappa shape index (κ3) is 1.75. The van der Waals surface area contributed by atoms with E-state index in [1.54, 1.807) is 0 Å². The van der Waals surface area contributed by atoms with Gasteiger partial charge in [-0.25, -0.2) is 0 Å². The van der Waals surface area contributed by atoms with Crippen molar-refractivity contribution >= 4 is 11.9 Å². The van der Waals surface area contributed by atoms with Gasteiger partial charge in [0.05, 0.1) is 18.9 Å². The Bertz CT molecular complexity index is 199. The van der Waals surface area contributed by atoms with Crippen molar-refractivity contribution in [2.75, 3.05) is 6.61 Å². The van der Waals surface area contributed by atoms with Crippen molar-refractivity contribution in [2.45, 2.75) is 19.8 Å². The van der Waals surface area contributed by atoms with E-state index in [1.807, 2.05) is 6.92 Å². The quantitative estimate of drug-likeness (QED) is 0.635. The zero-order valence-electron chi connectivity index (χ0n) is 6.95. The minimum atomic E-state index is -0.864. The predicted octanol–water partition coefficient (Wildman–Crippen LogP) is 0.660. The van der Waals surface area contributed by atoms with Crippen LogP contribution in [0.5, 0.6) is 0 Å². The van der Waals surface area contributed by atoms with E-state index in [9.17, 15) is 9.59 Å². The Labute approximate surface area is 70.5 Å². The van der Waals surface area contributed by atoms with Gasteiger partial charge in [0.25, 0.3) is 0 Å². The van der Waals surface area contributed by atoms with Crippen LogP contribution in [0.2, 0.25) is 0 Å². The van der Waals surface area contributed by atoms with E-state index < -0.39 is 5.97 Å². The summed E-state index contributed by atoms with van der Waals surface area (Å²) in [6.07, 6.45) is 0.695. The number of hydrogen-bond acceptors (Lipinski definition) is 3. The van der Waals surface area contributed by atoms with Gasteiger partial charge in [-0.1, -0.05) is 6.92 Å². The molecule has 0 aromatic rings. The lowest BCUT2D eigenvalue weighted by atomic mass is 9.90.